The van der Waals surface area contributed by atoms with Crippen LogP contribution in [0.1, 0.15) is 38.5 Å². The molecule has 114 valence electrons. The predicted octanol–water partition coefficient (Wildman–Crippen LogP) is 4.59. The zero-order valence-electron chi connectivity index (χ0n) is 12.8. The van der Waals surface area contributed by atoms with E-state index in [0.29, 0.717) is 5.41 Å². The molecular formula is C18H25NOS. The van der Waals surface area contributed by atoms with Crippen molar-refractivity contribution in [3.05, 3.63) is 18.2 Å². The van der Waals surface area contributed by atoms with Crippen molar-refractivity contribution in [1.82, 2.24) is 0 Å². The summed E-state index contributed by atoms with van der Waals surface area (Å²) in [5.41, 5.74) is 7.26. The molecule has 0 radical (unpaired) electrons. The van der Waals surface area contributed by atoms with E-state index in [9.17, 15) is 0 Å². The number of benzene rings is 1. The number of hydrogen-bond acceptors (Lipinski definition) is 3. The van der Waals surface area contributed by atoms with Crippen molar-refractivity contribution in [1.29, 1.82) is 0 Å². The molecule has 0 heterocycles. The molecule has 4 bridgehead atoms. The molecule has 0 unspecified atom stereocenters. The fraction of sp³-hybridized carbons (Fsp3) is 0.667. The highest BCUT2D eigenvalue weighted by atomic mass is 32.2. The van der Waals surface area contributed by atoms with Crippen LogP contribution >= 0.6 is 11.8 Å². The van der Waals surface area contributed by atoms with Crippen LogP contribution in [-0.4, -0.2) is 12.9 Å². The van der Waals surface area contributed by atoms with Gasteiger partial charge in [-0.05, 0) is 73.8 Å². The number of methoxy groups -OCH3 is 1. The van der Waals surface area contributed by atoms with Crippen molar-refractivity contribution in [3.63, 3.8) is 0 Å². The highest BCUT2D eigenvalue weighted by Gasteiger charge is 2.50. The molecule has 2 N–H and O–H groups in total. The van der Waals surface area contributed by atoms with E-state index in [1.165, 1.54) is 49.2 Å². The van der Waals surface area contributed by atoms with Gasteiger partial charge in [0.25, 0.3) is 0 Å². The lowest BCUT2D eigenvalue weighted by Crippen LogP contribution is -2.47. The summed E-state index contributed by atoms with van der Waals surface area (Å²) in [5, 5.41) is 0. The number of hydrogen-bond donors (Lipinski definition) is 1. The third kappa shape index (κ3) is 2.54. The third-order valence-corrected chi connectivity index (χ3v) is 7.29. The van der Waals surface area contributed by atoms with Gasteiger partial charge in [-0.3, -0.25) is 0 Å². The van der Waals surface area contributed by atoms with Gasteiger partial charge in [-0.2, -0.15) is 0 Å². The largest absolute Gasteiger partial charge is 0.496 e. The summed E-state index contributed by atoms with van der Waals surface area (Å²) in [6.45, 7) is 0. The summed E-state index contributed by atoms with van der Waals surface area (Å²) >= 11 is 1.99. The predicted molar refractivity (Wildman–Crippen MR) is 88.7 cm³/mol. The first-order valence-corrected chi connectivity index (χ1v) is 9.21. The lowest BCUT2D eigenvalue weighted by Gasteiger charge is -2.56. The summed E-state index contributed by atoms with van der Waals surface area (Å²) in [5.74, 6) is 5.29. The molecular weight excluding hydrogens is 278 g/mol. The van der Waals surface area contributed by atoms with E-state index in [0.717, 1.165) is 29.2 Å². The molecule has 0 aromatic heterocycles. The number of nitrogens with two attached hydrogens (primary N) is 1. The smallest absolute Gasteiger partial charge is 0.134 e. The second-order valence-corrected chi connectivity index (χ2v) is 8.63. The Labute approximate surface area is 131 Å². The Morgan fingerprint density at radius 2 is 1.76 bits per heavy atom. The van der Waals surface area contributed by atoms with Gasteiger partial charge >= 0.3 is 0 Å². The van der Waals surface area contributed by atoms with E-state index < -0.39 is 0 Å². The Kier molecular flexibility index (Phi) is 3.36. The minimum absolute atomic E-state index is 0.617. The molecule has 1 aromatic carbocycles. The Hall–Kier alpha value is -0.830. The SMILES string of the molecule is COc1cc(N)ccc1SCC12CC3CC(CC(C3)C1)C2. The fourth-order valence-corrected chi connectivity index (χ4v) is 6.77. The molecule has 0 aliphatic heterocycles. The zero-order chi connectivity index (χ0) is 14.4. The van der Waals surface area contributed by atoms with Crippen LogP contribution in [0.3, 0.4) is 0 Å². The van der Waals surface area contributed by atoms with Gasteiger partial charge in [0.2, 0.25) is 0 Å². The molecule has 5 rings (SSSR count). The lowest BCUT2D eigenvalue weighted by atomic mass is 9.50. The second kappa shape index (κ2) is 5.12. The van der Waals surface area contributed by atoms with Crippen LogP contribution < -0.4 is 10.5 Å². The first-order valence-electron chi connectivity index (χ1n) is 8.22. The Morgan fingerprint density at radius 1 is 1.14 bits per heavy atom. The first-order chi connectivity index (χ1) is 10.2. The van der Waals surface area contributed by atoms with Gasteiger partial charge in [-0.25, -0.2) is 0 Å². The molecule has 1 aromatic rings. The van der Waals surface area contributed by atoms with Crippen molar-refractivity contribution in [3.8, 4) is 5.75 Å². The van der Waals surface area contributed by atoms with E-state index >= 15 is 0 Å². The molecule has 4 aliphatic rings. The van der Waals surface area contributed by atoms with Gasteiger partial charge in [0.15, 0.2) is 0 Å². The summed E-state index contributed by atoms with van der Waals surface area (Å²) in [6, 6.07) is 6.06. The molecule has 0 spiro atoms. The zero-order valence-corrected chi connectivity index (χ0v) is 13.6. The maximum atomic E-state index is 5.86. The van der Waals surface area contributed by atoms with Crippen LogP contribution in [0, 0.1) is 23.2 Å². The average Bonchev–Trinajstić information content (AvgIpc) is 2.44. The van der Waals surface area contributed by atoms with Crippen molar-refractivity contribution >= 4 is 17.4 Å². The van der Waals surface area contributed by atoms with Crippen molar-refractivity contribution in [2.45, 2.75) is 43.4 Å². The van der Waals surface area contributed by atoms with E-state index in [1.807, 2.05) is 23.9 Å². The van der Waals surface area contributed by atoms with E-state index in [4.69, 9.17) is 10.5 Å². The van der Waals surface area contributed by atoms with E-state index in [1.54, 1.807) is 7.11 Å². The molecule has 21 heavy (non-hydrogen) atoms. The summed E-state index contributed by atoms with van der Waals surface area (Å²) in [6.07, 6.45) is 9.00. The van der Waals surface area contributed by atoms with Crippen molar-refractivity contribution in [2.24, 2.45) is 23.2 Å². The molecule has 4 fully saturated rings. The molecule has 4 saturated carbocycles. The Bertz CT molecular complexity index is 507. The summed E-state index contributed by atoms with van der Waals surface area (Å²) in [4.78, 5) is 1.25. The van der Waals surface area contributed by atoms with Crippen LogP contribution in [0.4, 0.5) is 5.69 Å². The maximum Gasteiger partial charge on any atom is 0.134 e. The van der Waals surface area contributed by atoms with Gasteiger partial charge < -0.3 is 10.5 Å². The van der Waals surface area contributed by atoms with Gasteiger partial charge in [0.05, 0.1) is 7.11 Å². The van der Waals surface area contributed by atoms with Crippen LogP contribution in [-0.2, 0) is 0 Å². The number of thioether (sulfide) groups is 1. The molecule has 0 amide bonds. The van der Waals surface area contributed by atoms with Crippen molar-refractivity contribution < 1.29 is 4.74 Å². The van der Waals surface area contributed by atoms with Crippen LogP contribution in [0.15, 0.2) is 23.1 Å². The highest BCUT2D eigenvalue weighted by Crippen LogP contribution is 2.61. The maximum absolute atomic E-state index is 5.86. The number of nitrogen functional groups attached to an aromatic ring is 1. The average molecular weight is 303 g/mol. The number of ether oxygens (including phenoxy) is 1. The first kappa shape index (κ1) is 13.8. The molecule has 4 aliphatic carbocycles. The minimum atomic E-state index is 0.617. The summed E-state index contributed by atoms with van der Waals surface area (Å²) in [7, 11) is 1.74. The van der Waals surface area contributed by atoms with Crippen LogP contribution in [0.5, 0.6) is 5.75 Å². The van der Waals surface area contributed by atoms with E-state index in [-0.39, 0.29) is 0 Å². The van der Waals surface area contributed by atoms with Crippen LogP contribution in [0.25, 0.3) is 0 Å². The lowest BCUT2D eigenvalue weighted by molar-refractivity contribution is -0.0381. The van der Waals surface area contributed by atoms with Gasteiger partial charge in [0.1, 0.15) is 5.75 Å². The number of anilines is 1. The quantitative estimate of drug-likeness (QED) is 0.653. The molecule has 0 saturated heterocycles. The monoisotopic (exact) mass is 303 g/mol. The highest BCUT2D eigenvalue weighted by molar-refractivity contribution is 7.99. The van der Waals surface area contributed by atoms with Crippen molar-refractivity contribution in [2.75, 3.05) is 18.6 Å². The second-order valence-electron chi connectivity index (χ2n) is 7.62. The molecule has 0 atom stereocenters. The van der Waals surface area contributed by atoms with Gasteiger partial charge in [-0.1, -0.05) is 0 Å². The fourth-order valence-electron chi connectivity index (χ4n) is 5.50. The standard InChI is InChI=1S/C18H25NOS/c1-20-16-7-15(19)2-3-17(16)21-11-18-8-12-4-13(9-18)6-14(5-12)10-18/h2-3,7,12-14H,4-6,8-11,19H2,1H3. The molecule has 2 nitrogen and oxygen atoms in total. The normalized spacial score (nSPS) is 36.9. The Balaban J connectivity index is 1.49. The van der Waals surface area contributed by atoms with Gasteiger partial charge in [-0.15, -0.1) is 11.8 Å². The number of rotatable bonds is 4. The summed E-state index contributed by atoms with van der Waals surface area (Å²) < 4.78 is 5.50. The topological polar surface area (TPSA) is 35.2 Å². The van der Waals surface area contributed by atoms with E-state index in [2.05, 4.69) is 6.07 Å². The molecule has 3 heteroatoms. The Morgan fingerprint density at radius 3 is 2.33 bits per heavy atom. The van der Waals surface area contributed by atoms with Gasteiger partial charge in [0, 0.05) is 22.4 Å². The van der Waals surface area contributed by atoms with Crippen LogP contribution in [0.2, 0.25) is 0 Å². The third-order valence-electron chi connectivity index (χ3n) is 5.89. The minimum Gasteiger partial charge on any atom is -0.496 e.